The maximum absolute atomic E-state index is 2.29. The van der Waals surface area contributed by atoms with Gasteiger partial charge in [-0.3, -0.25) is 0 Å². The fraction of sp³-hybridized carbons (Fsp3) is 0.750. The highest BCUT2D eigenvalue weighted by molar-refractivity contribution is 4.90. The molecule has 0 aromatic heterocycles. The van der Waals surface area contributed by atoms with Crippen molar-refractivity contribution in [3.05, 3.63) is 6.42 Å². The first kappa shape index (κ1) is 2.25. The van der Waals surface area contributed by atoms with Crippen LogP contribution < -0.4 is 0 Å². The van der Waals surface area contributed by atoms with Gasteiger partial charge in [0.15, 0.2) is 0 Å². The van der Waals surface area contributed by atoms with Crippen molar-refractivity contribution in [3.8, 4) is 0 Å². The zero-order valence-corrected chi connectivity index (χ0v) is 2.86. The van der Waals surface area contributed by atoms with Gasteiger partial charge in [-0.05, 0) is 18.8 Å². The van der Waals surface area contributed by atoms with E-state index in [1.54, 1.807) is 0 Å². The molecular weight excluding hydrogens is 48.0 g/mol. The van der Waals surface area contributed by atoms with Gasteiger partial charge in [0.25, 0.3) is 0 Å². The number of hydrogen-bond donors (Lipinski definition) is 0. The average Bonchev–Trinajstić information content (AvgIpc) is 1.75. The molecule has 1 radical (unpaired) electrons. The summed E-state index contributed by atoms with van der Waals surface area (Å²) in [6.45, 7) is 2.22. The maximum atomic E-state index is 2.29. The van der Waals surface area contributed by atoms with E-state index in [0.717, 1.165) is 5.92 Å². The summed E-state index contributed by atoms with van der Waals surface area (Å²) in [6, 6.07) is 0. The Labute approximate surface area is 26.8 Å². The van der Waals surface area contributed by atoms with Crippen molar-refractivity contribution in [1.82, 2.24) is 0 Å². The zero-order chi connectivity index (χ0) is 2.99. The Hall–Kier alpha value is 0. The van der Waals surface area contributed by atoms with E-state index in [4.69, 9.17) is 0 Å². The molecule has 0 aliphatic heterocycles. The zero-order valence-electron chi connectivity index (χ0n) is 2.86. The van der Waals surface area contributed by atoms with E-state index >= 15 is 0 Å². The largest absolute Gasteiger partial charge is 0.0622 e. The standard InChI is InChI=1S/C4H7/c1-4-2-3-4/h2,4H,3H2,1H3. The van der Waals surface area contributed by atoms with Crippen LogP contribution in [0.2, 0.25) is 0 Å². The number of hydrogen-bond acceptors (Lipinski definition) is 0. The van der Waals surface area contributed by atoms with E-state index in [2.05, 4.69) is 13.3 Å². The van der Waals surface area contributed by atoms with Gasteiger partial charge in [0.1, 0.15) is 0 Å². The lowest BCUT2D eigenvalue weighted by molar-refractivity contribution is 1.02. The highest BCUT2D eigenvalue weighted by Gasteiger charge is 2.13. The Bertz CT molecular complexity index is 19.2. The topological polar surface area (TPSA) is 0 Å². The highest BCUT2D eigenvalue weighted by Crippen LogP contribution is 2.24. The van der Waals surface area contributed by atoms with Crippen LogP contribution in [0.25, 0.3) is 0 Å². The quantitative estimate of drug-likeness (QED) is 0.391. The van der Waals surface area contributed by atoms with Crippen LogP contribution in [-0.4, -0.2) is 0 Å². The summed E-state index contributed by atoms with van der Waals surface area (Å²) in [7, 11) is 0. The minimum Gasteiger partial charge on any atom is -0.0622 e. The molecule has 1 unspecified atom stereocenters. The minimum atomic E-state index is 0.958. The molecule has 1 rings (SSSR count). The second-order valence-corrected chi connectivity index (χ2v) is 1.45. The van der Waals surface area contributed by atoms with Crippen LogP contribution in [0, 0.1) is 12.3 Å². The lowest BCUT2D eigenvalue weighted by Crippen LogP contribution is -1.42. The van der Waals surface area contributed by atoms with Gasteiger partial charge in [-0.1, -0.05) is 6.92 Å². The molecule has 1 aliphatic carbocycles. The first-order chi connectivity index (χ1) is 1.89. The van der Waals surface area contributed by atoms with Gasteiger partial charge in [-0.25, -0.2) is 0 Å². The summed E-state index contributed by atoms with van der Waals surface area (Å²) >= 11 is 0. The summed E-state index contributed by atoms with van der Waals surface area (Å²) in [4.78, 5) is 0. The third-order valence-electron chi connectivity index (χ3n) is 0.707. The van der Waals surface area contributed by atoms with Crippen LogP contribution >= 0.6 is 0 Å². The van der Waals surface area contributed by atoms with Gasteiger partial charge in [0, 0.05) is 0 Å². The second-order valence-electron chi connectivity index (χ2n) is 1.45. The number of rotatable bonds is 0. The van der Waals surface area contributed by atoms with E-state index in [9.17, 15) is 0 Å². The average molecular weight is 55.1 g/mol. The van der Waals surface area contributed by atoms with Crippen molar-refractivity contribution in [3.63, 3.8) is 0 Å². The molecule has 0 heteroatoms. The first-order valence-corrected chi connectivity index (χ1v) is 1.73. The fourth-order valence-electron chi connectivity index (χ4n) is 0.136. The van der Waals surface area contributed by atoms with E-state index in [-0.39, 0.29) is 0 Å². The lowest BCUT2D eigenvalue weighted by atomic mass is 10.5. The molecule has 0 spiro atoms. The molecule has 0 saturated heterocycles. The Balaban J connectivity index is 2.17. The molecular formula is C4H7. The lowest BCUT2D eigenvalue weighted by Gasteiger charge is -1.53. The van der Waals surface area contributed by atoms with Crippen molar-refractivity contribution in [2.75, 3.05) is 0 Å². The summed E-state index contributed by atoms with van der Waals surface area (Å²) in [6.07, 6.45) is 3.65. The highest BCUT2D eigenvalue weighted by atomic mass is 14.2. The molecule has 4 heavy (non-hydrogen) atoms. The Morgan fingerprint density at radius 3 is 2.25 bits per heavy atom. The molecule has 23 valence electrons. The summed E-state index contributed by atoms with van der Waals surface area (Å²) in [5, 5.41) is 0. The van der Waals surface area contributed by atoms with Gasteiger partial charge in [-0.2, -0.15) is 0 Å². The minimum absolute atomic E-state index is 0.958. The molecule has 0 heterocycles. The molecule has 0 amide bonds. The van der Waals surface area contributed by atoms with E-state index in [0.29, 0.717) is 0 Å². The molecule has 1 aliphatic rings. The predicted octanol–water partition coefficient (Wildman–Crippen LogP) is 1.23. The molecule has 0 nitrogen and oxygen atoms in total. The normalized spacial score (nSPS) is 26.2. The molecule has 1 fully saturated rings. The molecule has 0 aromatic carbocycles. The van der Waals surface area contributed by atoms with Crippen molar-refractivity contribution < 1.29 is 0 Å². The van der Waals surface area contributed by atoms with Gasteiger partial charge in [0.05, 0.1) is 0 Å². The van der Waals surface area contributed by atoms with Crippen LogP contribution in [0.3, 0.4) is 0 Å². The van der Waals surface area contributed by atoms with Crippen molar-refractivity contribution in [2.24, 2.45) is 5.92 Å². The van der Waals surface area contributed by atoms with Crippen LogP contribution in [0.15, 0.2) is 0 Å². The molecule has 1 saturated carbocycles. The fourth-order valence-corrected chi connectivity index (χ4v) is 0.136. The van der Waals surface area contributed by atoms with Gasteiger partial charge in [0.2, 0.25) is 0 Å². The Morgan fingerprint density at radius 2 is 2.25 bits per heavy atom. The molecule has 1 atom stereocenters. The van der Waals surface area contributed by atoms with Gasteiger partial charge in [-0.15, -0.1) is 0 Å². The predicted molar refractivity (Wildman–Crippen MR) is 18.1 cm³/mol. The van der Waals surface area contributed by atoms with Crippen molar-refractivity contribution >= 4 is 0 Å². The van der Waals surface area contributed by atoms with Crippen molar-refractivity contribution in [1.29, 1.82) is 0 Å². The maximum Gasteiger partial charge on any atom is -0.0355 e. The monoisotopic (exact) mass is 55.1 g/mol. The summed E-state index contributed by atoms with van der Waals surface area (Å²) in [5.41, 5.74) is 0. The summed E-state index contributed by atoms with van der Waals surface area (Å²) < 4.78 is 0. The Kier molecular flexibility index (Phi) is 0.270. The van der Waals surface area contributed by atoms with Crippen LogP contribution in [-0.2, 0) is 0 Å². The van der Waals surface area contributed by atoms with Crippen LogP contribution in [0.4, 0.5) is 0 Å². The summed E-state index contributed by atoms with van der Waals surface area (Å²) in [5.74, 6) is 0.958. The molecule has 0 bridgehead atoms. The first-order valence-electron chi connectivity index (χ1n) is 1.73. The van der Waals surface area contributed by atoms with E-state index in [1.807, 2.05) is 0 Å². The van der Waals surface area contributed by atoms with E-state index < -0.39 is 0 Å². The van der Waals surface area contributed by atoms with Gasteiger partial charge >= 0.3 is 0 Å². The molecule has 0 N–H and O–H groups in total. The van der Waals surface area contributed by atoms with Crippen LogP contribution in [0.1, 0.15) is 13.3 Å². The SMILES string of the molecule is CC1[CH]C1. The van der Waals surface area contributed by atoms with Gasteiger partial charge < -0.3 is 0 Å². The van der Waals surface area contributed by atoms with Crippen molar-refractivity contribution in [2.45, 2.75) is 13.3 Å². The Morgan fingerprint density at radius 1 is 2.00 bits per heavy atom. The smallest absolute Gasteiger partial charge is 0.0355 e. The third kappa shape index (κ3) is 0.222. The second kappa shape index (κ2) is 0.480. The third-order valence-corrected chi connectivity index (χ3v) is 0.707. The van der Waals surface area contributed by atoms with E-state index in [1.165, 1.54) is 6.42 Å². The van der Waals surface area contributed by atoms with Crippen LogP contribution in [0.5, 0.6) is 0 Å². The molecule has 0 aromatic rings.